The predicted octanol–water partition coefficient (Wildman–Crippen LogP) is 5.02. The summed E-state index contributed by atoms with van der Waals surface area (Å²) in [6.45, 7) is 0. The van der Waals surface area contributed by atoms with E-state index in [1.807, 2.05) is 30.3 Å². The van der Waals surface area contributed by atoms with Gasteiger partial charge < -0.3 is 10.4 Å². The van der Waals surface area contributed by atoms with Gasteiger partial charge in [0, 0.05) is 21.5 Å². The van der Waals surface area contributed by atoms with Gasteiger partial charge in [-0.3, -0.25) is 4.79 Å². The molecule has 0 atom stereocenters. The Labute approximate surface area is 147 Å². The van der Waals surface area contributed by atoms with Crippen molar-refractivity contribution < 1.29 is 14.7 Å². The number of thiophene rings is 1. The minimum Gasteiger partial charge on any atom is -0.478 e. The van der Waals surface area contributed by atoms with Gasteiger partial charge in [0.2, 0.25) is 0 Å². The molecular formula is C18H12ClNO3S. The van der Waals surface area contributed by atoms with E-state index in [4.69, 9.17) is 11.6 Å². The highest BCUT2D eigenvalue weighted by Gasteiger charge is 2.21. The first-order valence-corrected chi connectivity index (χ1v) is 8.29. The molecule has 120 valence electrons. The quantitative estimate of drug-likeness (QED) is 0.689. The van der Waals surface area contributed by atoms with Gasteiger partial charge in [0.1, 0.15) is 10.6 Å². The van der Waals surface area contributed by atoms with Gasteiger partial charge in [-0.25, -0.2) is 4.79 Å². The molecule has 1 aromatic heterocycles. The molecule has 0 unspecified atom stereocenters. The smallest absolute Gasteiger partial charge is 0.339 e. The summed E-state index contributed by atoms with van der Waals surface area (Å²) in [5.41, 5.74) is 1.82. The van der Waals surface area contributed by atoms with E-state index in [2.05, 4.69) is 5.32 Å². The minimum absolute atomic E-state index is 0.0848. The van der Waals surface area contributed by atoms with Crippen LogP contribution >= 0.6 is 22.9 Å². The Morgan fingerprint density at radius 2 is 1.79 bits per heavy atom. The highest BCUT2D eigenvalue weighted by atomic mass is 35.5. The summed E-state index contributed by atoms with van der Waals surface area (Å²) in [7, 11) is 0. The fourth-order valence-electron chi connectivity index (χ4n) is 2.30. The van der Waals surface area contributed by atoms with Gasteiger partial charge in [-0.1, -0.05) is 48.0 Å². The van der Waals surface area contributed by atoms with Gasteiger partial charge in [-0.15, -0.1) is 11.3 Å². The van der Waals surface area contributed by atoms with Crippen LogP contribution in [0.2, 0.25) is 5.02 Å². The number of hydrogen-bond donors (Lipinski definition) is 2. The summed E-state index contributed by atoms with van der Waals surface area (Å²) in [6.07, 6.45) is 0. The maximum atomic E-state index is 12.3. The number of nitrogens with one attached hydrogen (secondary N) is 1. The molecule has 0 aliphatic heterocycles. The van der Waals surface area contributed by atoms with Crippen molar-refractivity contribution in [3.05, 3.63) is 76.1 Å². The van der Waals surface area contributed by atoms with Crippen LogP contribution in [-0.4, -0.2) is 17.0 Å². The van der Waals surface area contributed by atoms with E-state index in [1.54, 1.807) is 23.6 Å². The zero-order chi connectivity index (χ0) is 17.1. The fourth-order valence-corrected chi connectivity index (χ4v) is 3.44. The number of carboxylic acids is 1. The lowest BCUT2D eigenvalue weighted by atomic mass is 10.0. The highest BCUT2D eigenvalue weighted by Crippen LogP contribution is 2.35. The van der Waals surface area contributed by atoms with Crippen LogP contribution < -0.4 is 5.32 Å². The van der Waals surface area contributed by atoms with Crippen molar-refractivity contribution >= 4 is 39.8 Å². The van der Waals surface area contributed by atoms with Crippen molar-refractivity contribution in [3.63, 3.8) is 0 Å². The van der Waals surface area contributed by atoms with E-state index in [1.165, 1.54) is 17.4 Å². The molecule has 0 spiro atoms. The Balaban J connectivity index is 1.96. The second kappa shape index (κ2) is 6.86. The summed E-state index contributed by atoms with van der Waals surface area (Å²) in [6, 6.07) is 15.7. The van der Waals surface area contributed by atoms with Crippen molar-refractivity contribution in [2.45, 2.75) is 0 Å². The molecule has 2 N–H and O–H groups in total. The third-order valence-corrected chi connectivity index (χ3v) is 4.53. The number of rotatable bonds is 4. The second-order valence-corrected chi connectivity index (χ2v) is 6.31. The maximum absolute atomic E-state index is 12.3. The Hall–Kier alpha value is -2.63. The summed E-state index contributed by atoms with van der Waals surface area (Å²) in [5, 5.41) is 14.7. The number of carboxylic acid groups (broad SMARTS) is 1. The molecule has 1 heterocycles. The SMILES string of the molecule is O=C(Nc1scc(-c2ccccc2)c1C(=O)O)c1cccc(Cl)c1. The topological polar surface area (TPSA) is 66.4 Å². The first kappa shape index (κ1) is 16.2. The molecule has 0 saturated heterocycles. The zero-order valence-electron chi connectivity index (χ0n) is 12.3. The van der Waals surface area contributed by atoms with E-state index < -0.39 is 11.9 Å². The van der Waals surface area contributed by atoms with Crippen molar-refractivity contribution in [2.24, 2.45) is 0 Å². The third-order valence-electron chi connectivity index (χ3n) is 3.40. The van der Waals surface area contributed by atoms with Gasteiger partial charge in [0.15, 0.2) is 0 Å². The first-order chi connectivity index (χ1) is 11.6. The number of amides is 1. The standard InChI is InChI=1S/C18H12ClNO3S/c19-13-8-4-7-12(9-13)16(21)20-17-15(18(22)23)14(10-24-17)11-5-2-1-3-6-11/h1-10H,(H,20,21)(H,22,23). The molecule has 0 saturated carbocycles. The molecule has 3 aromatic rings. The van der Waals surface area contributed by atoms with Crippen molar-refractivity contribution in [2.75, 3.05) is 5.32 Å². The molecule has 0 bridgehead atoms. The van der Waals surface area contributed by atoms with Crippen LogP contribution in [0.5, 0.6) is 0 Å². The van der Waals surface area contributed by atoms with Crippen LogP contribution in [-0.2, 0) is 0 Å². The van der Waals surface area contributed by atoms with Crippen LogP contribution in [0.15, 0.2) is 60.0 Å². The number of anilines is 1. The van der Waals surface area contributed by atoms with Gasteiger partial charge >= 0.3 is 5.97 Å². The third kappa shape index (κ3) is 3.32. The van der Waals surface area contributed by atoms with Gasteiger partial charge in [0.05, 0.1) is 0 Å². The van der Waals surface area contributed by atoms with Crippen LogP contribution in [0.1, 0.15) is 20.7 Å². The molecule has 3 rings (SSSR count). The fraction of sp³-hybridized carbons (Fsp3) is 0. The molecule has 2 aromatic carbocycles. The Bertz CT molecular complexity index is 906. The normalized spacial score (nSPS) is 10.4. The van der Waals surface area contributed by atoms with E-state index in [0.29, 0.717) is 21.2 Å². The first-order valence-electron chi connectivity index (χ1n) is 7.03. The monoisotopic (exact) mass is 357 g/mol. The van der Waals surface area contributed by atoms with Gasteiger partial charge in [-0.05, 0) is 23.8 Å². The lowest BCUT2D eigenvalue weighted by molar-refractivity contribution is 0.0699. The zero-order valence-corrected chi connectivity index (χ0v) is 13.9. The van der Waals surface area contributed by atoms with Gasteiger partial charge in [-0.2, -0.15) is 0 Å². The van der Waals surface area contributed by atoms with E-state index in [0.717, 1.165) is 5.56 Å². The molecule has 4 nitrogen and oxygen atoms in total. The van der Waals surface area contributed by atoms with Crippen molar-refractivity contribution in [1.82, 2.24) is 0 Å². The van der Waals surface area contributed by atoms with Crippen molar-refractivity contribution in [3.8, 4) is 11.1 Å². The van der Waals surface area contributed by atoms with E-state index >= 15 is 0 Å². The van der Waals surface area contributed by atoms with Crippen LogP contribution in [0, 0.1) is 0 Å². The summed E-state index contributed by atoms with van der Waals surface area (Å²) in [4.78, 5) is 24.0. The van der Waals surface area contributed by atoms with E-state index in [-0.39, 0.29) is 5.56 Å². The number of hydrogen-bond acceptors (Lipinski definition) is 3. The largest absolute Gasteiger partial charge is 0.478 e. The minimum atomic E-state index is -1.09. The Morgan fingerprint density at radius 1 is 1.04 bits per heavy atom. The lowest BCUT2D eigenvalue weighted by Gasteiger charge is -2.06. The molecule has 6 heteroatoms. The molecule has 24 heavy (non-hydrogen) atoms. The summed E-state index contributed by atoms with van der Waals surface area (Å²) >= 11 is 7.07. The predicted molar refractivity (Wildman–Crippen MR) is 96.1 cm³/mol. The average molecular weight is 358 g/mol. The number of carbonyl (C=O) groups excluding carboxylic acids is 1. The lowest BCUT2D eigenvalue weighted by Crippen LogP contribution is -2.13. The Kier molecular flexibility index (Phi) is 4.64. The molecule has 0 fully saturated rings. The summed E-state index contributed by atoms with van der Waals surface area (Å²) < 4.78 is 0. The Morgan fingerprint density at radius 3 is 2.46 bits per heavy atom. The second-order valence-electron chi connectivity index (χ2n) is 4.99. The molecule has 0 aliphatic carbocycles. The highest BCUT2D eigenvalue weighted by molar-refractivity contribution is 7.15. The molecular weight excluding hydrogens is 346 g/mol. The number of halogens is 1. The van der Waals surface area contributed by atoms with Crippen LogP contribution in [0.25, 0.3) is 11.1 Å². The molecule has 1 amide bonds. The molecule has 0 radical (unpaired) electrons. The van der Waals surface area contributed by atoms with Crippen LogP contribution in [0.3, 0.4) is 0 Å². The average Bonchev–Trinajstić information content (AvgIpc) is 2.99. The maximum Gasteiger partial charge on any atom is 0.339 e. The number of carbonyl (C=O) groups is 2. The molecule has 0 aliphatic rings. The number of benzene rings is 2. The van der Waals surface area contributed by atoms with Gasteiger partial charge in [0.25, 0.3) is 5.91 Å². The number of aromatic carboxylic acids is 1. The summed E-state index contributed by atoms with van der Waals surface area (Å²) in [5.74, 6) is -1.49. The van der Waals surface area contributed by atoms with Crippen molar-refractivity contribution in [1.29, 1.82) is 0 Å². The van der Waals surface area contributed by atoms with E-state index in [9.17, 15) is 14.7 Å². The van der Waals surface area contributed by atoms with Crippen LogP contribution in [0.4, 0.5) is 5.00 Å².